The Morgan fingerprint density at radius 1 is 1.32 bits per heavy atom. The van der Waals surface area contributed by atoms with Crippen molar-refractivity contribution in [1.29, 1.82) is 0 Å². The third-order valence-electron chi connectivity index (χ3n) is 2.28. The number of carbonyl (C=O) groups is 2. The number of rotatable bonds is 5. The van der Waals surface area contributed by atoms with E-state index in [4.69, 9.17) is 21.8 Å². The van der Waals surface area contributed by atoms with Gasteiger partial charge >= 0.3 is 5.97 Å². The zero-order valence-corrected chi connectivity index (χ0v) is 10.2. The summed E-state index contributed by atoms with van der Waals surface area (Å²) in [5.74, 6) is -4.82. The summed E-state index contributed by atoms with van der Waals surface area (Å²) in [4.78, 5) is 22.5. The smallest absolute Gasteiger partial charge is 0.326 e. The van der Waals surface area contributed by atoms with Gasteiger partial charge in [-0.15, -0.1) is 0 Å². The average molecular weight is 294 g/mol. The van der Waals surface area contributed by atoms with Crippen LogP contribution in [0.4, 0.5) is 8.78 Å². The molecule has 0 unspecified atom stereocenters. The zero-order chi connectivity index (χ0) is 14.6. The number of benzene rings is 1. The van der Waals surface area contributed by atoms with Crippen LogP contribution >= 0.6 is 11.6 Å². The van der Waals surface area contributed by atoms with E-state index in [1.54, 1.807) is 0 Å². The Hall–Kier alpha value is -1.73. The lowest BCUT2D eigenvalue weighted by molar-refractivity contribution is -0.139. The maximum absolute atomic E-state index is 13.0. The van der Waals surface area contributed by atoms with E-state index in [0.717, 1.165) is 0 Å². The second kappa shape index (κ2) is 6.44. The molecule has 0 aromatic heterocycles. The first kappa shape index (κ1) is 15.3. The van der Waals surface area contributed by atoms with Crippen molar-refractivity contribution < 1.29 is 28.6 Å². The molecule has 19 heavy (non-hydrogen) atoms. The molecule has 1 aromatic carbocycles. The van der Waals surface area contributed by atoms with Gasteiger partial charge in [0, 0.05) is 13.0 Å². The summed E-state index contributed by atoms with van der Waals surface area (Å²) in [6.07, 6.45) is -0.220. The van der Waals surface area contributed by atoms with Gasteiger partial charge in [-0.05, 0) is 12.1 Å². The Kier molecular flexibility index (Phi) is 5.20. The first-order valence-corrected chi connectivity index (χ1v) is 5.53. The molecule has 8 heteroatoms. The van der Waals surface area contributed by atoms with Crippen molar-refractivity contribution >= 4 is 23.5 Å². The molecule has 0 aliphatic heterocycles. The molecule has 3 N–H and O–H groups in total. The molecule has 0 bridgehead atoms. The Morgan fingerprint density at radius 2 is 1.89 bits per heavy atom. The molecule has 1 amide bonds. The van der Waals surface area contributed by atoms with Crippen LogP contribution in [-0.4, -0.2) is 34.7 Å². The number of nitrogens with one attached hydrogen (secondary N) is 1. The van der Waals surface area contributed by atoms with Gasteiger partial charge < -0.3 is 15.5 Å². The largest absolute Gasteiger partial charge is 0.480 e. The lowest BCUT2D eigenvalue weighted by Crippen LogP contribution is -2.41. The summed E-state index contributed by atoms with van der Waals surface area (Å²) in [5.41, 5.74) is -0.384. The number of carboxylic acid groups (broad SMARTS) is 1. The molecule has 5 nitrogen and oxygen atoms in total. The predicted molar refractivity (Wildman–Crippen MR) is 62.0 cm³/mol. The highest BCUT2D eigenvalue weighted by Crippen LogP contribution is 2.20. The van der Waals surface area contributed by atoms with Crippen molar-refractivity contribution in [2.75, 3.05) is 6.61 Å². The normalized spacial score (nSPS) is 12.0. The lowest BCUT2D eigenvalue weighted by Gasteiger charge is -2.14. The summed E-state index contributed by atoms with van der Waals surface area (Å²) < 4.78 is 25.8. The highest BCUT2D eigenvalue weighted by Gasteiger charge is 2.22. The minimum atomic E-state index is -1.36. The topological polar surface area (TPSA) is 86.6 Å². The first-order chi connectivity index (χ1) is 8.86. The number of hydrogen-bond donors (Lipinski definition) is 3. The van der Waals surface area contributed by atoms with Crippen molar-refractivity contribution in [1.82, 2.24) is 5.32 Å². The summed E-state index contributed by atoms with van der Waals surface area (Å²) in [6, 6.07) is -0.153. The van der Waals surface area contributed by atoms with Gasteiger partial charge in [-0.3, -0.25) is 4.79 Å². The standard InChI is InChI=1S/C11H10ClF2NO4/c12-6-4-8(14)7(13)3-5(6)10(17)15-9(1-2-16)11(18)19/h3-4,9,16H,1-2H2,(H,15,17)(H,18,19)/t9-/m1/s1. The van der Waals surface area contributed by atoms with Crippen molar-refractivity contribution in [3.63, 3.8) is 0 Å². The van der Waals surface area contributed by atoms with Crippen LogP contribution < -0.4 is 5.32 Å². The molecule has 0 aliphatic rings. The minimum absolute atomic E-state index is 0.220. The maximum atomic E-state index is 13.0. The fourth-order valence-electron chi connectivity index (χ4n) is 1.32. The second-order valence-electron chi connectivity index (χ2n) is 3.62. The molecule has 0 saturated carbocycles. The number of halogens is 3. The van der Waals surface area contributed by atoms with Crippen LogP contribution in [0.25, 0.3) is 0 Å². The lowest BCUT2D eigenvalue weighted by atomic mass is 10.1. The van der Waals surface area contributed by atoms with Gasteiger partial charge in [-0.25, -0.2) is 13.6 Å². The van der Waals surface area contributed by atoms with E-state index >= 15 is 0 Å². The maximum Gasteiger partial charge on any atom is 0.326 e. The van der Waals surface area contributed by atoms with Gasteiger partial charge in [0.05, 0.1) is 10.6 Å². The number of amides is 1. The molecule has 0 fully saturated rings. The Bertz CT molecular complexity index is 510. The Balaban J connectivity index is 2.94. The van der Waals surface area contributed by atoms with Crippen LogP contribution in [0.15, 0.2) is 12.1 Å². The van der Waals surface area contributed by atoms with Crippen LogP contribution in [0.3, 0.4) is 0 Å². The van der Waals surface area contributed by atoms with Gasteiger partial charge in [0.25, 0.3) is 5.91 Å². The zero-order valence-electron chi connectivity index (χ0n) is 9.49. The molecule has 104 valence electrons. The molecular weight excluding hydrogens is 284 g/mol. The van der Waals surface area contributed by atoms with E-state index in [0.29, 0.717) is 12.1 Å². The number of aliphatic carboxylic acids is 1. The summed E-state index contributed by atoms with van der Waals surface area (Å²) in [6.45, 7) is -0.456. The number of hydrogen-bond acceptors (Lipinski definition) is 3. The number of carboxylic acids is 1. The van der Waals surface area contributed by atoms with Crippen LogP contribution in [0.5, 0.6) is 0 Å². The monoisotopic (exact) mass is 293 g/mol. The molecule has 0 radical (unpaired) electrons. The van der Waals surface area contributed by atoms with E-state index in [2.05, 4.69) is 0 Å². The SMILES string of the molecule is O=C(N[C@H](CCO)C(=O)O)c1cc(F)c(F)cc1Cl. The molecule has 1 rings (SSSR count). The fourth-order valence-corrected chi connectivity index (χ4v) is 1.56. The molecular formula is C11H10ClF2NO4. The van der Waals surface area contributed by atoms with Crippen molar-refractivity contribution in [3.05, 3.63) is 34.4 Å². The van der Waals surface area contributed by atoms with E-state index in [9.17, 15) is 18.4 Å². The van der Waals surface area contributed by atoms with Gasteiger partial charge in [0.1, 0.15) is 6.04 Å². The third kappa shape index (κ3) is 3.87. The minimum Gasteiger partial charge on any atom is -0.480 e. The summed E-state index contributed by atoms with van der Waals surface area (Å²) in [7, 11) is 0. The highest BCUT2D eigenvalue weighted by molar-refractivity contribution is 6.33. The van der Waals surface area contributed by atoms with Gasteiger partial charge in [0.15, 0.2) is 11.6 Å². The van der Waals surface area contributed by atoms with E-state index in [-0.39, 0.29) is 17.0 Å². The van der Waals surface area contributed by atoms with Crippen molar-refractivity contribution in [2.24, 2.45) is 0 Å². The predicted octanol–water partition coefficient (Wildman–Crippen LogP) is 1.18. The van der Waals surface area contributed by atoms with Crippen LogP contribution in [0.1, 0.15) is 16.8 Å². The molecule has 0 spiro atoms. The Labute approximate surface area is 111 Å². The van der Waals surface area contributed by atoms with Crippen LogP contribution in [0, 0.1) is 11.6 Å². The number of aliphatic hydroxyl groups excluding tert-OH is 1. The van der Waals surface area contributed by atoms with Gasteiger partial charge in [-0.2, -0.15) is 0 Å². The van der Waals surface area contributed by atoms with Gasteiger partial charge in [0.2, 0.25) is 0 Å². The first-order valence-electron chi connectivity index (χ1n) is 5.16. The summed E-state index contributed by atoms with van der Waals surface area (Å²) >= 11 is 5.57. The average Bonchev–Trinajstić information content (AvgIpc) is 2.32. The molecule has 0 saturated heterocycles. The van der Waals surface area contributed by atoms with Crippen molar-refractivity contribution in [3.8, 4) is 0 Å². The molecule has 0 aliphatic carbocycles. The van der Waals surface area contributed by atoms with Crippen LogP contribution in [0.2, 0.25) is 5.02 Å². The quantitative estimate of drug-likeness (QED) is 0.712. The number of aliphatic hydroxyl groups is 1. The molecule has 1 aromatic rings. The number of carbonyl (C=O) groups excluding carboxylic acids is 1. The molecule has 0 heterocycles. The van der Waals surface area contributed by atoms with Crippen molar-refractivity contribution in [2.45, 2.75) is 12.5 Å². The third-order valence-corrected chi connectivity index (χ3v) is 2.59. The van der Waals surface area contributed by atoms with E-state index in [1.165, 1.54) is 0 Å². The Morgan fingerprint density at radius 3 is 2.42 bits per heavy atom. The molecule has 1 atom stereocenters. The van der Waals surface area contributed by atoms with E-state index in [1.807, 2.05) is 5.32 Å². The highest BCUT2D eigenvalue weighted by atomic mass is 35.5. The van der Waals surface area contributed by atoms with E-state index < -0.39 is 36.2 Å². The summed E-state index contributed by atoms with van der Waals surface area (Å²) in [5, 5.41) is 19.1. The van der Waals surface area contributed by atoms with Crippen LogP contribution in [-0.2, 0) is 4.79 Å². The fraction of sp³-hybridized carbons (Fsp3) is 0.273. The van der Waals surface area contributed by atoms with Gasteiger partial charge in [-0.1, -0.05) is 11.6 Å². The second-order valence-corrected chi connectivity index (χ2v) is 4.03.